The first-order chi connectivity index (χ1) is 11.1. The van der Waals surface area contributed by atoms with Crippen molar-refractivity contribution in [3.05, 3.63) is 54.5 Å². The van der Waals surface area contributed by atoms with E-state index in [1.807, 2.05) is 0 Å². The molecule has 0 unspecified atom stereocenters. The van der Waals surface area contributed by atoms with Gasteiger partial charge in [-0.2, -0.15) is 0 Å². The first-order valence-electron chi connectivity index (χ1n) is 7.17. The maximum atomic E-state index is 13.8. The number of para-hydroxylation sites is 1. The Hall–Kier alpha value is -2.96. The number of anilines is 2. The molecule has 118 valence electrons. The van der Waals surface area contributed by atoms with Crippen molar-refractivity contribution in [3.63, 3.8) is 0 Å². The van der Waals surface area contributed by atoms with Crippen LogP contribution < -0.4 is 10.2 Å². The molecule has 1 aliphatic rings. The van der Waals surface area contributed by atoms with Crippen molar-refractivity contribution in [1.29, 1.82) is 0 Å². The molecule has 0 atom stereocenters. The summed E-state index contributed by atoms with van der Waals surface area (Å²) >= 11 is 0. The normalized spacial score (nSPS) is 14.2. The van der Waals surface area contributed by atoms with Crippen LogP contribution in [0.2, 0.25) is 0 Å². The highest BCUT2D eigenvalue weighted by Gasteiger charge is 2.32. The summed E-state index contributed by atoms with van der Waals surface area (Å²) in [6.07, 6.45) is 1.57. The summed E-state index contributed by atoms with van der Waals surface area (Å²) in [7, 11) is 0. The number of halogens is 1. The smallest absolute Gasteiger partial charge is 0.313 e. The van der Waals surface area contributed by atoms with E-state index in [0.717, 1.165) is 0 Å². The molecule has 1 fully saturated rings. The lowest BCUT2D eigenvalue weighted by Crippen LogP contribution is -2.37. The molecular formula is C16H15FN4O2. The zero-order valence-corrected chi connectivity index (χ0v) is 12.3. The number of hydrogen-bond acceptors (Lipinski definition) is 3. The quantitative estimate of drug-likeness (QED) is 0.940. The molecule has 1 aromatic heterocycles. The van der Waals surface area contributed by atoms with Crippen LogP contribution in [0, 0.1) is 5.82 Å². The Morgan fingerprint density at radius 2 is 1.96 bits per heavy atom. The number of benzene rings is 1. The molecule has 1 N–H and O–H groups in total. The minimum atomic E-state index is -0.458. The van der Waals surface area contributed by atoms with Crippen molar-refractivity contribution in [1.82, 2.24) is 9.88 Å². The topological polar surface area (TPSA) is 65.5 Å². The molecule has 1 aliphatic heterocycles. The number of pyridine rings is 1. The predicted octanol–water partition coefficient (Wildman–Crippen LogP) is 2.10. The van der Waals surface area contributed by atoms with E-state index < -0.39 is 5.82 Å². The van der Waals surface area contributed by atoms with E-state index in [9.17, 15) is 14.0 Å². The summed E-state index contributed by atoms with van der Waals surface area (Å²) in [6, 6.07) is 10.9. The zero-order valence-electron chi connectivity index (χ0n) is 12.3. The van der Waals surface area contributed by atoms with Crippen molar-refractivity contribution in [3.8, 4) is 0 Å². The van der Waals surface area contributed by atoms with Crippen LogP contribution in [-0.2, 0) is 4.79 Å². The predicted molar refractivity (Wildman–Crippen MR) is 83.6 cm³/mol. The molecule has 0 saturated carbocycles. The van der Waals surface area contributed by atoms with Gasteiger partial charge in [0.2, 0.25) is 5.91 Å². The van der Waals surface area contributed by atoms with Crippen molar-refractivity contribution in [2.24, 2.45) is 0 Å². The van der Waals surface area contributed by atoms with Gasteiger partial charge in [0.1, 0.15) is 18.2 Å². The highest BCUT2D eigenvalue weighted by atomic mass is 19.1. The Balaban J connectivity index is 1.63. The number of carbonyl (C=O) groups is 2. The number of hydrogen-bond donors (Lipinski definition) is 1. The summed E-state index contributed by atoms with van der Waals surface area (Å²) in [5.41, 5.74) is 0.227. The third-order valence-corrected chi connectivity index (χ3v) is 3.51. The van der Waals surface area contributed by atoms with Gasteiger partial charge in [0.05, 0.1) is 5.69 Å². The van der Waals surface area contributed by atoms with Crippen LogP contribution in [0.15, 0.2) is 48.7 Å². The highest BCUT2D eigenvalue weighted by Crippen LogP contribution is 2.23. The number of aromatic nitrogens is 1. The molecule has 0 aliphatic carbocycles. The van der Waals surface area contributed by atoms with Crippen molar-refractivity contribution in [2.45, 2.75) is 0 Å². The molecule has 0 bridgehead atoms. The van der Waals surface area contributed by atoms with Crippen LogP contribution in [0.5, 0.6) is 0 Å². The molecule has 0 radical (unpaired) electrons. The van der Waals surface area contributed by atoms with Gasteiger partial charge < -0.3 is 10.2 Å². The molecule has 3 amide bonds. The van der Waals surface area contributed by atoms with Gasteiger partial charge in [0.15, 0.2) is 0 Å². The molecule has 6 nitrogen and oxygen atoms in total. The second kappa shape index (κ2) is 6.43. The molecule has 23 heavy (non-hydrogen) atoms. The van der Waals surface area contributed by atoms with Crippen LogP contribution in [0.4, 0.5) is 20.7 Å². The average molecular weight is 314 g/mol. The average Bonchev–Trinajstić information content (AvgIpc) is 2.90. The van der Waals surface area contributed by atoms with E-state index in [1.54, 1.807) is 42.6 Å². The van der Waals surface area contributed by atoms with E-state index in [4.69, 9.17) is 0 Å². The monoisotopic (exact) mass is 314 g/mol. The van der Waals surface area contributed by atoms with Gasteiger partial charge in [-0.3, -0.25) is 9.69 Å². The van der Waals surface area contributed by atoms with Crippen LogP contribution in [0.3, 0.4) is 0 Å². The second-order valence-corrected chi connectivity index (χ2v) is 5.07. The number of carbonyl (C=O) groups excluding carboxylic acids is 2. The Labute approximate surface area is 132 Å². The maximum Gasteiger partial charge on any atom is 0.325 e. The van der Waals surface area contributed by atoms with Crippen molar-refractivity contribution >= 4 is 23.4 Å². The van der Waals surface area contributed by atoms with Crippen molar-refractivity contribution in [2.75, 3.05) is 29.9 Å². The number of nitrogens with one attached hydrogen (secondary N) is 1. The minimum Gasteiger partial charge on any atom is -0.313 e. The second-order valence-electron chi connectivity index (χ2n) is 5.07. The minimum absolute atomic E-state index is 0.0969. The van der Waals surface area contributed by atoms with Crippen molar-refractivity contribution < 1.29 is 14.0 Å². The van der Waals surface area contributed by atoms with Crippen LogP contribution >= 0.6 is 0 Å². The lowest BCUT2D eigenvalue weighted by molar-refractivity contribution is -0.116. The third kappa shape index (κ3) is 3.28. The molecule has 1 saturated heterocycles. The fourth-order valence-corrected chi connectivity index (χ4v) is 2.42. The SMILES string of the molecule is O=C(CN1CCN(c2ccccc2F)C1=O)Nc1ccccn1. The van der Waals surface area contributed by atoms with Crippen LogP contribution in [-0.4, -0.2) is 41.5 Å². The summed E-state index contributed by atoms with van der Waals surface area (Å²) in [4.78, 5) is 31.0. The number of nitrogens with zero attached hydrogens (tertiary/aromatic N) is 3. The largest absolute Gasteiger partial charge is 0.325 e. The number of rotatable bonds is 4. The molecule has 0 spiro atoms. The fraction of sp³-hybridized carbons (Fsp3) is 0.188. The van der Waals surface area contributed by atoms with Gasteiger partial charge in [-0.25, -0.2) is 14.2 Å². The zero-order chi connectivity index (χ0) is 16.2. The fourth-order valence-electron chi connectivity index (χ4n) is 2.42. The molecule has 1 aromatic carbocycles. The summed E-state index contributed by atoms with van der Waals surface area (Å²) in [5, 5.41) is 2.62. The maximum absolute atomic E-state index is 13.8. The number of urea groups is 1. The molecule has 7 heteroatoms. The van der Waals surface area contributed by atoms with E-state index in [2.05, 4.69) is 10.3 Å². The number of amides is 3. The first-order valence-corrected chi connectivity index (χ1v) is 7.17. The molecule has 2 aromatic rings. The Morgan fingerprint density at radius 1 is 1.17 bits per heavy atom. The standard InChI is InChI=1S/C16H15FN4O2/c17-12-5-1-2-6-13(12)21-10-9-20(16(21)23)11-15(22)19-14-7-3-4-8-18-14/h1-8H,9-11H2,(H,18,19,22). The Kier molecular flexibility index (Phi) is 4.18. The molecule has 2 heterocycles. The summed E-state index contributed by atoms with van der Waals surface area (Å²) in [5.74, 6) is -0.372. The van der Waals surface area contributed by atoms with Gasteiger partial charge >= 0.3 is 6.03 Å². The van der Waals surface area contributed by atoms with Gasteiger partial charge in [-0.1, -0.05) is 18.2 Å². The lowest BCUT2D eigenvalue weighted by Gasteiger charge is -2.18. The van der Waals surface area contributed by atoms with Crippen LogP contribution in [0.1, 0.15) is 0 Å². The lowest BCUT2D eigenvalue weighted by atomic mass is 10.3. The summed E-state index contributed by atoms with van der Waals surface area (Å²) in [6.45, 7) is 0.611. The molecular weight excluding hydrogens is 299 g/mol. The van der Waals surface area contributed by atoms with Gasteiger partial charge in [-0.15, -0.1) is 0 Å². The van der Waals surface area contributed by atoms with E-state index in [-0.39, 0.29) is 24.2 Å². The van der Waals surface area contributed by atoms with E-state index in [0.29, 0.717) is 18.9 Å². The van der Waals surface area contributed by atoms with Crippen LogP contribution in [0.25, 0.3) is 0 Å². The Bertz CT molecular complexity index is 723. The van der Waals surface area contributed by atoms with Gasteiger partial charge in [0.25, 0.3) is 0 Å². The first kappa shape index (κ1) is 15.0. The summed E-state index contributed by atoms with van der Waals surface area (Å²) < 4.78 is 13.8. The van der Waals surface area contributed by atoms with E-state index >= 15 is 0 Å². The highest BCUT2D eigenvalue weighted by molar-refractivity contribution is 5.99. The van der Waals surface area contributed by atoms with Gasteiger partial charge in [-0.05, 0) is 24.3 Å². The molecule has 3 rings (SSSR count). The Morgan fingerprint density at radius 3 is 2.70 bits per heavy atom. The van der Waals surface area contributed by atoms with Gasteiger partial charge in [0, 0.05) is 19.3 Å². The third-order valence-electron chi connectivity index (χ3n) is 3.51. The van der Waals surface area contributed by atoms with E-state index in [1.165, 1.54) is 15.9 Å².